The lowest BCUT2D eigenvalue weighted by Crippen LogP contribution is -2.27. The van der Waals surface area contributed by atoms with Crippen molar-refractivity contribution in [3.63, 3.8) is 0 Å². The van der Waals surface area contributed by atoms with E-state index in [9.17, 15) is 9.18 Å². The number of alkyl halides is 1. The Balaban J connectivity index is 3.26. The van der Waals surface area contributed by atoms with E-state index < -0.39 is 11.6 Å². The Labute approximate surface area is 90.3 Å². The number of benzene rings is 1. The van der Waals surface area contributed by atoms with Crippen molar-refractivity contribution in [2.75, 3.05) is 0 Å². The highest BCUT2D eigenvalue weighted by Gasteiger charge is 2.36. The molecule has 0 fully saturated rings. The Morgan fingerprint density at radius 1 is 1.50 bits per heavy atom. The molecular formula is C9H7Cl2FO2. The van der Waals surface area contributed by atoms with Gasteiger partial charge in [0.05, 0.1) is 0 Å². The molecule has 5 heteroatoms. The summed E-state index contributed by atoms with van der Waals surface area (Å²) < 4.78 is 13.6. The summed E-state index contributed by atoms with van der Waals surface area (Å²) in [6, 6.07) is 3.96. The van der Waals surface area contributed by atoms with E-state index in [2.05, 4.69) is 0 Å². The van der Waals surface area contributed by atoms with E-state index in [1.165, 1.54) is 18.2 Å². The summed E-state index contributed by atoms with van der Waals surface area (Å²) in [7, 11) is 0. The van der Waals surface area contributed by atoms with Crippen molar-refractivity contribution in [1.29, 1.82) is 0 Å². The van der Waals surface area contributed by atoms with Gasteiger partial charge < -0.3 is 5.11 Å². The molecule has 0 amide bonds. The Kier molecular flexibility index (Phi) is 3.02. The molecule has 1 aromatic carbocycles. The fourth-order valence-corrected chi connectivity index (χ4v) is 1.57. The van der Waals surface area contributed by atoms with Crippen LogP contribution < -0.4 is 0 Å². The van der Waals surface area contributed by atoms with Gasteiger partial charge in [-0.05, 0) is 19.1 Å². The van der Waals surface area contributed by atoms with Crippen LogP contribution >= 0.6 is 23.2 Å². The molecule has 1 atom stereocenters. The van der Waals surface area contributed by atoms with Crippen molar-refractivity contribution in [3.8, 4) is 0 Å². The third kappa shape index (κ3) is 1.99. The fraction of sp³-hybridized carbons (Fsp3) is 0.222. The average Bonchev–Trinajstić information content (AvgIpc) is 2.02. The second-order valence-electron chi connectivity index (χ2n) is 2.93. The Hall–Kier alpha value is -0.800. The average molecular weight is 237 g/mol. The summed E-state index contributed by atoms with van der Waals surface area (Å²) in [4.78, 5) is 10.6. The highest BCUT2D eigenvalue weighted by Crippen LogP contribution is 2.33. The molecule has 0 aromatic heterocycles. The number of halogens is 3. The molecule has 1 rings (SSSR count). The molecule has 0 aliphatic heterocycles. The number of hydrogen-bond donors (Lipinski definition) is 1. The number of carboxylic acid groups (broad SMARTS) is 1. The van der Waals surface area contributed by atoms with E-state index in [0.717, 1.165) is 6.92 Å². The lowest BCUT2D eigenvalue weighted by atomic mass is 9.98. The van der Waals surface area contributed by atoms with E-state index in [4.69, 9.17) is 28.3 Å². The van der Waals surface area contributed by atoms with Crippen LogP contribution in [0.5, 0.6) is 0 Å². The molecule has 2 nitrogen and oxygen atoms in total. The second-order valence-corrected chi connectivity index (χ2v) is 3.78. The minimum absolute atomic E-state index is 0.00454. The van der Waals surface area contributed by atoms with Gasteiger partial charge in [-0.1, -0.05) is 29.3 Å². The number of carboxylic acids is 1. The standard InChI is InChI=1S/C9H7Cl2FO2/c1-9(12,8(13)14)6-3-2-5(10)4-7(6)11/h2-4H,1H3,(H,13,14). The summed E-state index contributed by atoms with van der Waals surface area (Å²) in [6.45, 7) is 0.935. The van der Waals surface area contributed by atoms with Crippen LogP contribution in [0.4, 0.5) is 4.39 Å². The molecule has 0 saturated carbocycles. The zero-order valence-electron chi connectivity index (χ0n) is 7.22. The lowest BCUT2D eigenvalue weighted by Gasteiger charge is -2.16. The van der Waals surface area contributed by atoms with Gasteiger partial charge in [0.15, 0.2) is 0 Å². The highest BCUT2D eigenvalue weighted by molar-refractivity contribution is 6.35. The van der Waals surface area contributed by atoms with Gasteiger partial charge in [0, 0.05) is 15.6 Å². The number of rotatable bonds is 2. The Morgan fingerprint density at radius 3 is 2.50 bits per heavy atom. The van der Waals surface area contributed by atoms with Crippen LogP contribution in [0.1, 0.15) is 12.5 Å². The van der Waals surface area contributed by atoms with E-state index >= 15 is 0 Å². The predicted molar refractivity (Wildman–Crippen MR) is 52.6 cm³/mol. The molecule has 76 valence electrons. The highest BCUT2D eigenvalue weighted by atomic mass is 35.5. The van der Waals surface area contributed by atoms with Gasteiger partial charge in [0.1, 0.15) is 0 Å². The lowest BCUT2D eigenvalue weighted by molar-refractivity contribution is -0.150. The minimum Gasteiger partial charge on any atom is -0.479 e. The first kappa shape index (κ1) is 11.3. The van der Waals surface area contributed by atoms with E-state index in [1.54, 1.807) is 0 Å². The molecule has 1 unspecified atom stereocenters. The molecule has 0 bridgehead atoms. The summed E-state index contributed by atoms with van der Waals surface area (Å²) >= 11 is 11.3. The molecular weight excluding hydrogens is 230 g/mol. The van der Waals surface area contributed by atoms with Crippen LogP contribution in [0, 0.1) is 0 Å². The van der Waals surface area contributed by atoms with Gasteiger partial charge in [0.25, 0.3) is 0 Å². The summed E-state index contributed by atoms with van der Waals surface area (Å²) in [6.07, 6.45) is 0. The SMILES string of the molecule is CC(F)(C(=O)O)c1ccc(Cl)cc1Cl. The van der Waals surface area contributed by atoms with Gasteiger partial charge in [0.2, 0.25) is 5.67 Å². The molecule has 0 heterocycles. The molecule has 1 aromatic rings. The number of carbonyl (C=O) groups is 1. The van der Waals surface area contributed by atoms with Crippen LogP contribution in [-0.4, -0.2) is 11.1 Å². The Bertz CT molecular complexity index is 377. The van der Waals surface area contributed by atoms with Crippen LogP contribution in [0.25, 0.3) is 0 Å². The molecule has 0 spiro atoms. The predicted octanol–water partition coefficient (Wildman–Crippen LogP) is 3.26. The van der Waals surface area contributed by atoms with Gasteiger partial charge >= 0.3 is 5.97 Å². The third-order valence-electron chi connectivity index (χ3n) is 1.84. The normalized spacial score (nSPS) is 14.9. The molecule has 14 heavy (non-hydrogen) atoms. The van der Waals surface area contributed by atoms with Crippen LogP contribution in [-0.2, 0) is 10.5 Å². The van der Waals surface area contributed by atoms with Crippen LogP contribution in [0.15, 0.2) is 18.2 Å². The number of hydrogen-bond acceptors (Lipinski definition) is 1. The van der Waals surface area contributed by atoms with E-state index in [-0.39, 0.29) is 10.6 Å². The van der Waals surface area contributed by atoms with Crippen molar-refractivity contribution < 1.29 is 14.3 Å². The molecule has 1 N–H and O–H groups in total. The van der Waals surface area contributed by atoms with Crippen LogP contribution in [0.3, 0.4) is 0 Å². The van der Waals surface area contributed by atoms with Crippen molar-refractivity contribution in [2.24, 2.45) is 0 Å². The van der Waals surface area contributed by atoms with Gasteiger partial charge in [-0.25, -0.2) is 9.18 Å². The maximum Gasteiger partial charge on any atom is 0.345 e. The monoisotopic (exact) mass is 236 g/mol. The van der Waals surface area contributed by atoms with Crippen molar-refractivity contribution in [1.82, 2.24) is 0 Å². The molecule has 0 saturated heterocycles. The third-order valence-corrected chi connectivity index (χ3v) is 2.39. The Morgan fingerprint density at radius 2 is 2.07 bits per heavy atom. The molecule has 0 aliphatic rings. The first-order valence-corrected chi connectivity index (χ1v) is 4.49. The van der Waals surface area contributed by atoms with Gasteiger partial charge in [-0.3, -0.25) is 0 Å². The summed E-state index contributed by atoms with van der Waals surface area (Å²) in [5.74, 6) is -1.58. The van der Waals surface area contributed by atoms with Crippen molar-refractivity contribution >= 4 is 29.2 Å². The fourth-order valence-electron chi connectivity index (χ4n) is 0.985. The zero-order chi connectivity index (χ0) is 10.9. The smallest absolute Gasteiger partial charge is 0.345 e. The van der Waals surface area contributed by atoms with E-state index in [0.29, 0.717) is 5.02 Å². The first-order chi connectivity index (χ1) is 6.35. The summed E-state index contributed by atoms with van der Waals surface area (Å²) in [5, 5.41) is 8.96. The van der Waals surface area contributed by atoms with E-state index in [1.807, 2.05) is 0 Å². The van der Waals surface area contributed by atoms with Crippen molar-refractivity contribution in [3.05, 3.63) is 33.8 Å². The van der Waals surface area contributed by atoms with Crippen LogP contribution in [0.2, 0.25) is 10.0 Å². The quantitative estimate of drug-likeness (QED) is 0.856. The summed E-state index contributed by atoms with van der Waals surface area (Å²) in [5.41, 5.74) is -2.60. The molecule has 0 radical (unpaired) electrons. The van der Waals surface area contributed by atoms with Gasteiger partial charge in [-0.15, -0.1) is 0 Å². The van der Waals surface area contributed by atoms with Crippen molar-refractivity contribution in [2.45, 2.75) is 12.6 Å². The first-order valence-electron chi connectivity index (χ1n) is 3.73. The molecule has 0 aliphatic carbocycles. The minimum atomic E-state index is -2.50. The largest absolute Gasteiger partial charge is 0.479 e. The maximum atomic E-state index is 13.6. The zero-order valence-corrected chi connectivity index (χ0v) is 8.73. The van der Waals surface area contributed by atoms with Gasteiger partial charge in [-0.2, -0.15) is 0 Å². The number of aliphatic carboxylic acids is 1. The second kappa shape index (κ2) is 3.75. The maximum absolute atomic E-state index is 13.6. The topological polar surface area (TPSA) is 37.3 Å².